The maximum absolute atomic E-state index is 5.35. The standard InChI is InChI=1S/C17H17NO/c1-14(2)13-19-18-17(15-9-5-3-6-10-15)16-11-7-4-8-12-16/h3-12H,1,13H2,2H3. The van der Waals surface area contributed by atoms with Gasteiger partial charge in [-0.05, 0) is 12.5 Å². The number of oxime groups is 1. The van der Waals surface area contributed by atoms with E-state index in [0.717, 1.165) is 22.4 Å². The summed E-state index contributed by atoms with van der Waals surface area (Å²) in [7, 11) is 0. The molecule has 0 amide bonds. The first-order valence-electron chi connectivity index (χ1n) is 6.22. The Morgan fingerprint density at radius 1 is 0.947 bits per heavy atom. The first-order chi connectivity index (χ1) is 9.27. The molecule has 2 aromatic rings. The van der Waals surface area contributed by atoms with E-state index in [0.29, 0.717) is 6.61 Å². The summed E-state index contributed by atoms with van der Waals surface area (Å²) in [5.41, 5.74) is 3.86. The highest BCUT2D eigenvalue weighted by Crippen LogP contribution is 2.11. The van der Waals surface area contributed by atoms with Gasteiger partial charge in [0.1, 0.15) is 12.3 Å². The Labute approximate surface area is 114 Å². The van der Waals surface area contributed by atoms with Crippen LogP contribution in [0.4, 0.5) is 0 Å². The van der Waals surface area contributed by atoms with E-state index >= 15 is 0 Å². The third-order valence-electron chi connectivity index (χ3n) is 2.56. The molecule has 0 aliphatic heterocycles. The van der Waals surface area contributed by atoms with E-state index in [1.54, 1.807) is 0 Å². The molecule has 0 fully saturated rings. The summed E-state index contributed by atoms with van der Waals surface area (Å²) in [5, 5.41) is 4.26. The molecule has 2 heteroatoms. The lowest BCUT2D eigenvalue weighted by molar-refractivity contribution is 0.168. The molecule has 0 bridgehead atoms. The van der Waals surface area contributed by atoms with Gasteiger partial charge in [-0.3, -0.25) is 0 Å². The SMILES string of the molecule is C=C(C)CON=C(c1ccccc1)c1ccccc1. The fraction of sp³-hybridized carbons (Fsp3) is 0.118. The molecule has 0 heterocycles. The molecule has 0 saturated carbocycles. The van der Waals surface area contributed by atoms with Crippen LogP contribution in [0.15, 0.2) is 78.0 Å². The molecule has 2 nitrogen and oxygen atoms in total. The Balaban J connectivity index is 2.31. The van der Waals surface area contributed by atoms with Gasteiger partial charge in [-0.1, -0.05) is 72.4 Å². The number of hydrogen-bond acceptors (Lipinski definition) is 2. The molecule has 0 aliphatic rings. The fourth-order valence-corrected chi connectivity index (χ4v) is 1.67. The van der Waals surface area contributed by atoms with E-state index < -0.39 is 0 Å². The molecule has 0 atom stereocenters. The van der Waals surface area contributed by atoms with E-state index in [4.69, 9.17) is 4.84 Å². The lowest BCUT2D eigenvalue weighted by Crippen LogP contribution is -2.04. The van der Waals surface area contributed by atoms with E-state index in [-0.39, 0.29) is 0 Å². The van der Waals surface area contributed by atoms with Crippen molar-refractivity contribution in [2.24, 2.45) is 5.16 Å². The highest BCUT2D eigenvalue weighted by molar-refractivity contribution is 6.12. The molecule has 96 valence electrons. The Morgan fingerprint density at radius 3 is 1.84 bits per heavy atom. The van der Waals surface area contributed by atoms with Crippen LogP contribution in [0.25, 0.3) is 0 Å². The van der Waals surface area contributed by atoms with Crippen LogP contribution < -0.4 is 0 Å². The van der Waals surface area contributed by atoms with E-state index in [1.807, 2.05) is 67.6 Å². The molecular formula is C17H17NO. The Morgan fingerprint density at radius 2 is 1.42 bits per heavy atom. The number of hydrogen-bond donors (Lipinski definition) is 0. The molecule has 19 heavy (non-hydrogen) atoms. The van der Waals surface area contributed by atoms with Crippen LogP contribution in [-0.4, -0.2) is 12.3 Å². The zero-order valence-corrected chi connectivity index (χ0v) is 11.0. The zero-order chi connectivity index (χ0) is 13.5. The van der Waals surface area contributed by atoms with Crippen LogP contribution in [0.3, 0.4) is 0 Å². The van der Waals surface area contributed by atoms with Gasteiger partial charge in [0.15, 0.2) is 0 Å². The average Bonchev–Trinajstić information content (AvgIpc) is 2.45. The van der Waals surface area contributed by atoms with Crippen molar-refractivity contribution in [3.63, 3.8) is 0 Å². The maximum atomic E-state index is 5.35. The van der Waals surface area contributed by atoms with Crippen LogP contribution in [0.2, 0.25) is 0 Å². The Kier molecular flexibility index (Phi) is 4.51. The van der Waals surface area contributed by atoms with Crippen LogP contribution in [-0.2, 0) is 4.84 Å². The van der Waals surface area contributed by atoms with Gasteiger partial charge in [0.25, 0.3) is 0 Å². The van der Waals surface area contributed by atoms with Gasteiger partial charge < -0.3 is 4.84 Å². The zero-order valence-electron chi connectivity index (χ0n) is 11.0. The predicted molar refractivity (Wildman–Crippen MR) is 79.3 cm³/mol. The lowest BCUT2D eigenvalue weighted by atomic mass is 10.0. The second-order valence-corrected chi connectivity index (χ2v) is 4.40. The quantitative estimate of drug-likeness (QED) is 0.446. The van der Waals surface area contributed by atoms with Crippen molar-refractivity contribution < 1.29 is 4.84 Å². The third-order valence-corrected chi connectivity index (χ3v) is 2.56. The van der Waals surface area contributed by atoms with Crippen molar-refractivity contribution in [2.75, 3.05) is 6.61 Å². The minimum atomic E-state index is 0.434. The molecule has 0 spiro atoms. The third kappa shape index (κ3) is 3.81. The number of rotatable bonds is 5. The van der Waals surface area contributed by atoms with Crippen LogP contribution in [0.1, 0.15) is 18.1 Å². The summed E-state index contributed by atoms with van der Waals surface area (Å²) in [4.78, 5) is 5.35. The fourth-order valence-electron chi connectivity index (χ4n) is 1.67. The molecule has 0 N–H and O–H groups in total. The van der Waals surface area contributed by atoms with Gasteiger partial charge in [0, 0.05) is 11.1 Å². The maximum Gasteiger partial charge on any atom is 0.137 e. The molecule has 2 rings (SSSR count). The predicted octanol–water partition coefficient (Wildman–Crippen LogP) is 4.03. The average molecular weight is 251 g/mol. The van der Waals surface area contributed by atoms with Crippen molar-refractivity contribution in [2.45, 2.75) is 6.92 Å². The van der Waals surface area contributed by atoms with Gasteiger partial charge in [-0.25, -0.2) is 0 Å². The van der Waals surface area contributed by atoms with Gasteiger partial charge in [0.2, 0.25) is 0 Å². The second kappa shape index (κ2) is 6.55. The van der Waals surface area contributed by atoms with Crippen molar-refractivity contribution in [1.29, 1.82) is 0 Å². The van der Waals surface area contributed by atoms with Crippen molar-refractivity contribution in [3.05, 3.63) is 83.9 Å². The highest BCUT2D eigenvalue weighted by atomic mass is 16.6. The van der Waals surface area contributed by atoms with E-state index in [9.17, 15) is 0 Å². The first kappa shape index (κ1) is 13.1. The summed E-state index contributed by atoms with van der Waals surface area (Å²) in [6.45, 7) is 6.15. The summed E-state index contributed by atoms with van der Waals surface area (Å²) < 4.78 is 0. The Hall–Kier alpha value is -2.35. The highest BCUT2D eigenvalue weighted by Gasteiger charge is 2.06. The molecule has 0 aliphatic carbocycles. The van der Waals surface area contributed by atoms with E-state index in [2.05, 4.69) is 11.7 Å². The topological polar surface area (TPSA) is 21.6 Å². The van der Waals surface area contributed by atoms with Gasteiger partial charge in [-0.15, -0.1) is 0 Å². The van der Waals surface area contributed by atoms with Crippen molar-refractivity contribution >= 4 is 5.71 Å². The number of nitrogens with zero attached hydrogens (tertiary/aromatic N) is 1. The number of benzene rings is 2. The summed E-state index contributed by atoms with van der Waals surface area (Å²) >= 11 is 0. The molecule has 0 radical (unpaired) electrons. The minimum Gasteiger partial charge on any atom is -0.391 e. The summed E-state index contributed by atoms with van der Waals surface area (Å²) in [6.07, 6.45) is 0. The molecule has 0 saturated heterocycles. The minimum absolute atomic E-state index is 0.434. The smallest absolute Gasteiger partial charge is 0.137 e. The monoisotopic (exact) mass is 251 g/mol. The molecular weight excluding hydrogens is 234 g/mol. The molecule has 2 aromatic carbocycles. The van der Waals surface area contributed by atoms with Gasteiger partial charge in [-0.2, -0.15) is 0 Å². The van der Waals surface area contributed by atoms with E-state index in [1.165, 1.54) is 0 Å². The summed E-state index contributed by atoms with van der Waals surface area (Å²) in [6, 6.07) is 20.0. The molecule has 0 unspecified atom stereocenters. The normalized spacial score (nSPS) is 9.74. The van der Waals surface area contributed by atoms with Gasteiger partial charge >= 0.3 is 0 Å². The first-order valence-corrected chi connectivity index (χ1v) is 6.22. The lowest BCUT2D eigenvalue weighted by Gasteiger charge is -2.07. The van der Waals surface area contributed by atoms with Crippen LogP contribution in [0.5, 0.6) is 0 Å². The van der Waals surface area contributed by atoms with Gasteiger partial charge in [0.05, 0.1) is 0 Å². The van der Waals surface area contributed by atoms with Crippen LogP contribution >= 0.6 is 0 Å². The van der Waals surface area contributed by atoms with Crippen molar-refractivity contribution in [1.82, 2.24) is 0 Å². The van der Waals surface area contributed by atoms with Crippen LogP contribution in [0, 0.1) is 0 Å². The molecule has 0 aromatic heterocycles. The van der Waals surface area contributed by atoms with Crippen molar-refractivity contribution in [3.8, 4) is 0 Å². The largest absolute Gasteiger partial charge is 0.391 e. The summed E-state index contributed by atoms with van der Waals surface area (Å²) in [5.74, 6) is 0. The Bertz CT molecular complexity index is 517. The second-order valence-electron chi connectivity index (χ2n) is 4.40.